The van der Waals surface area contributed by atoms with E-state index >= 15 is 0 Å². The van der Waals surface area contributed by atoms with Crippen LogP contribution in [0.3, 0.4) is 0 Å². The molecule has 0 unspecified atom stereocenters. The summed E-state index contributed by atoms with van der Waals surface area (Å²) in [5.41, 5.74) is 1.97. The number of aromatic hydroxyl groups is 1. The van der Waals surface area contributed by atoms with E-state index in [4.69, 9.17) is 0 Å². The van der Waals surface area contributed by atoms with Gasteiger partial charge in [-0.15, -0.1) is 11.3 Å². The van der Waals surface area contributed by atoms with Gasteiger partial charge in [-0.2, -0.15) is 0 Å². The lowest BCUT2D eigenvalue weighted by molar-refractivity contribution is 0.471. The molecule has 0 spiro atoms. The number of pyridine rings is 1. The minimum Gasteiger partial charge on any atom is -0.507 e. The molecule has 2 aromatic heterocycles. The molecule has 0 aliphatic heterocycles. The number of hydrogen-bond donors (Lipinski definition) is 1. The summed E-state index contributed by atoms with van der Waals surface area (Å²) >= 11 is 1.53. The van der Waals surface area contributed by atoms with E-state index in [1.165, 1.54) is 29.5 Å². The third kappa shape index (κ3) is 3.01. The maximum Gasteiger partial charge on any atom is 0.124 e. The van der Waals surface area contributed by atoms with Crippen LogP contribution in [0.1, 0.15) is 16.1 Å². The monoisotopic (exact) mass is 297 g/mol. The maximum absolute atomic E-state index is 13.5. The van der Waals surface area contributed by atoms with Crippen LogP contribution in [0.15, 0.2) is 60.1 Å². The molecule has 2 heterocycles. The van der Waals surface area contributed by atoms with Crippen LogP contribution in [0.2, 0.25) is 0 Å². The number of phenolic OH excluding ortho intramolecular Hbond substituents is 1. The smallest absolute Gasteiger partial charge is 0.124 e. The van der Waals surface area contributed by atoms with E-state index in [1.807, 2.05) is 41.8 Å². The SMILES string of the molecule is Oc1ccc(F)cc1C(=Cc1ccccn1)c1cccs1. The van der Waals surface area contributed by atoms with Gasteiger partial charge in [0.25, 0.3) is 0 Å². The first-order valence-electron chi connectivity index (χ1n) is 6.39. The number of phenols is 1. The minimum absolute atomic E-state index is 0.0481. The Morgan fingerprint density at radius 1 is 1.14 bits per heavy atom. The van der Waals surface area contributed by atoms with Crippen molar-refractivity contribution in [1.82, 2.24) is 4.98 Å². The van der Waals surface area contributed by atoms with E-state index in [9.17, 15) is 9.50 Å². The lowest BCUT2D eigenvalue weighted by atomic mass is 10.0. The van der Waals surface area contributed by atoms with Crippen LogP contribution >= 0.6 is 11.3 Å². The van der Waals surface area contributed by atoms with Crippen molar-refractivity contribution in [1.29, 1.82) is 0 Å². The van der Waals surface area contributed by atoms with Gasteiger partial charge in [0.2, 0.25) is 0 Å². The second-order valence-electron chi connectivity index (χ2n) is 4.45. The molecule has 0 saturated carbocycles. The first-order chi connectivity index (χ1) is 10.2. The van der Waals surface area contributed by atoms with Crippen LogP contribution in [0.4, 0.5) is 4.39 Å². The molecule has 104 valence electrons. The molecule has 0 aliphatic rings. The molecule has 3 aromatic rings. The third-order valence-corrected chi connectivity index (χ3v) is 3.92. The number of benzene rings is 1. The molecule has 0 aliphatic carbocycles. The minimum atomic E-state index is -0.383. The van der Waals surface area contributed by atoms with Crippen molar-refractivity contribution in [3.8, 4) is 5.75 Å². The van der Waals surface area contributed by atoms with E-state index in [1.54, 1.807) is 6.20 Å². The lowest BCUT2D eigenvalue weighted by Gasteiger charge is -2.08. The zero-order valence-corrected chi connectivity index (χ0v) is 11.8. The van der Waals surface area contributed by atoms with Crippen LogP contribution in [0.25, 0.3) is 11.6 Å². The second kappa shape index (κ2) is 5.89. The van der Waals surface area contributed by atoms with Gasteiger partial charge in [0.05, 0.1) is 5.69 Å². The van der Waals surface area contributed by atoms with Crippen molar-refractivity contribution in [2.75, 3.05) is 0 Å². The van der Waals surface area contributed by atoms with Gasteiger partial charge in [-0.25, -0.2) is 4.39 Å². The molecular formula is C17H12FNOS. The van der Waals surface area contributed by atoms with Crippen LogP contribution in [0.5, 0.6) is 5.75 Å². The Morgan fingerprint density at radius 3 is 2.76 bits per heavy atom. The Balaban J connectivity index is 2.18. The molecule has 0 amide bonds. The highest BCUT2D eigenvalue weighted by atomic mass is 32.1. The van der Waals surface area contributed by atoms with Gasteiger partial charge >= 0.3 is 0 Å². The molecule has 2 nitrogen and oxygen atoms in total. The molecule has 1 aromatic carbocycles. The summed E-state index contributed by atoms with van der Waals surface area (Å²) in [6, 6.07) is 13.4. The van der Waals surface area contributed by atoms with Crippen molar-refractivity contribution in [2.45, 2.75) is 0 Å². The summed E-state index contributed by atoms with van der Waals surface area (Å²) in [5, 5.41) is 12.0. The topological polar surface area (TPSA) is 33.1 Å². The number of halogens is 1. The lowest BCUT2D eigenvalue weighted by Crippen LogP contribution is -1.89. The highest BCUT2D eigenvalue weighted by molar-refractivity contribution is 7.11. The van der Waals surface area contributed by atoms with Gasteiger partial charge in [0.15, 0.2) is 0 Å². The number of aromatic nitrogens is 1. The van der Waals surface area contributed by atoms with E-state index in [2.05, 4.69) is 4.98 Å². The van der Waals surface area contributed by atoms with Crippen molar-refractivity contribution in [3.05, 3.63) is 82.1 Å². The Bertz CT molecular complexity index is 767. The molecular weight excluding hydrogens is 285 g/mol. The van der Waals surface area contributed by atoms with Crippen LogP contribution in [-0.2, 0) is 0 Å². The molecule has 0 bridgehead atoms. The Hall–Kier alpha value is -2.46. The van der Waals surface area contributed by atoms with Gasteiger partial charge in [-0.1, -0.05) is 12.1 Å². The standard InChI is InChI=1S/C17H12FNOS/c18-12-6-7-16(20)14(10-12)15(17-5-3-9-21-17)11-13-4-1-2-8-19-13/h1-11,20H. The van der Waals surface area contributed by atoms with E-state index in [0.717, 1.165) is 16.1 Å². The van der Waals surface area contributed by atoms with Crippen LogP contribution in [-0.4, -0.2) is 10.1 Å². The van der Waals surface area contributed by atoms with Crippen molar-refractivity contribution in [2.24, 2.45) is 0 Å². The summed E-state index contributed by atoms with van der Waals surface area (Å²) in [5.74, 6) is -0.335. The number of hydrogen-bond acceptors (Lipinski definition) is 3. The zero-order chi connectivity index (χ0) is 14.7. The summed E-state index contributed by atoms with van der Waals surface area (Å²) in [4.78, 5) is 5.20. The van der Waals surface area contributed by atoms with Gasteiger partial charge in [-0.3, -0.25) is 4.98 Å². The van der Waals surface area contributed by atoms with Gasteiger partial charge in [-0.05, 0) is 47.9 Å². The second-order valence-corrected chi connectivity index (χ2v) is 5.40. The quantitative estimate of drug-likeness (QED) is 0.767. The third-order valence-electron chi connectivity index (χ3n) is 3.02. The highest BCUT2D eigenvalue weighted by Gasteiger charge is 2.12. The van der Waals surface area contributed by atoms with Crippen molar-refractivity contribution in [3.63, 3.8) is 0 Å². The Morgan fingerprint density at radius 2 is 2.05 bits per heavy atom. The number of rotatable bonds is 3. The summed E-state index contributed by atoms with van der Waals surface area (Å²) in [6.07, 6.45) is 3.55. The zero-order valence-electron chi connectivity index (χ0n) is 11.0. The normalized spacial score (nSPS) is 11.6. The Kier molecular flexibility index (Phi) is 3.79. The highest BCUT2D eigenvalue weighted by Crippen LogP contribution is 2.34. The maximum atomic E-state index is 13.5. The molecule has 0 fully saturated rings. The predicted octanol–water partition coefficient (Wildman–Crippen LogP) is 4.58. The van der Waals surface area contributed by atoms with Crippen molar-refractivity contribution < 1.29 is 9.50 Å². The summed E-state index contributed by atoms with van der Waals surface area (Å²) < 4.78 is 13.5. The molecule has 21 heavy (non-hydrogen) atoms. The van der Waals surface area contributed by atoms with Gasteiger partial charge in [0, 0.05) is 22.2 Å². The molecule has 0 atom stereocenters. The number of thiophene rings is 1. The first-order valence-corrected chi connectivity index (χ1v) is 7.27. The number of nitrogens with zero attached hydrogens (tertiary/aromatic N) is 1. The van der Waals surface area contributed by atoms with Crippen molar-refractivity contribution >= 4 is 23.0 Å². The van der Waals surface area contributed by atoms with Crippen LogP contribution < -0.4 is 0 Å². The predicted molar refractivity (Wildman–Crippen MR) is 83.6 cm³/mol. The summed E-state index contributed by atoms with van der Waals surface area (Å²) in [7, 11) is 0. The van der Waals surface area contributed by atoms with Crippen LogP contribution in [0, 0.1) is 5.82 Å². The fraction of sp³-hybridized carbons (Fsp3) is 0. The molecule has 0 saturated heterocycles. The first kappa shape index (κ1) is 13.5. The molecule has 0 radical (unpaired) electrons. The van der Waals surface area contributed by atoms with E-state index < -0.39 is 0 Å². The fourth-order valence-corrected chi connectivity index (χ4v) is 2.80. The molecule has 4 heteroatoms. The molecule has 1 N–H and O–H groups in total. The average Bonchev–Trinajstić information content (AvgIpc) is 3.03. The van der Waals surface area contributed by atoms with Gasteiger partial charge < -0.3 is 5.11 Å². The van der Waals surface area contributed by atoms with E-state index in [-0.39, 0.29) is 11.6 Å². The fourth-order valence-electron chi connectivity index (χ4n) is 2.05. The average molecular weight is 297 g/mol. The summed E-state index contributed by atoms with van der Waals surface area (Å²) in [6.45, 7) is 0. The largest absolute Gasteiger partial charge is 0.507 e. The van der Waals surface area contributed by atoms with Gasteiger partial charge in [0.1, 0.15) is 11.6 Å². The Labute approximate surface area is 125 Å². The molecule has 3 rings (SSSR count). The van der Waals surface area contributed by atoms with E-state index in [0.29, 0.717) is 5.56 Å².